The van der Waals surface area contributed by atoms with Crippen LogP contribution in [0.2, 0.25) is 0 Å². The van der Waals surface area contributed by atoms with Crippen LogP contribution >= 0.6 is 0 Å². The molecule has 0 saturated carbocycles. The molecule has 98 valence electrons. The van der Waals surface area contributed by atoms with Gasteiger partial charge in [0.1, 0.15) is 0 Å². The molecule has 0 unspecified atom stereocenters. The van der Waals surface area contributed by atoms with Crippen molar-refractivity contribution in [3.05, 3.63) is 12.1 Å². The van der Waals surface area contributed by atoms with Crippen molar-refractivity contribution in [1.29, 1.82) is 5.26 Å². The number of methoxy groups -OCH3 is 2. The highest BCUT2D eigenvalue weighted by atomic mass is 16.5. The smallest absolute Gasteiger partial charge is 0.162 e. The summed E-state index contributed by atoms with van der Waals surface area (Å²) >= 11 is 0. The molecule has 1 rings (SSSR count). The number of anilines is 2. The SMILES string of the molecule is CCN(CCC#N)c1cc(OC)c(OC)cc1N. The lowest BCUT2D eigenvalue weighted by Crippen LogP contribution is -2.24. The third-order valence-corrected chi connectivity index (χ3v) is 2.75. The molecule has 5 nitrogen and oxygen atoms in total. The largest absolute Gasteiger partial charge is 0.493 e. The van der Waals surface area contributed by atoms with Crippen LogP contribution in [0, 0.1) is 11.3 Å². The third kappa shape index (κ3) is 2.98. The molecule has 0 fully saturated rings. The summed E-state index contributed by atoms with van der Waals surface area (Å²) in [6.45, 7) is 3.45. The zero-order valence-corrected chi connectivity index (χ0v) is 11.1. The fraction of sp³-hybridized carbons (Fsp3) is 0.462. The molecule has 0 aromatic heterocycles. The van der Waals surface area contributed by atoms with E-state index in [0.29, 0.717) is 30.2 Å². The van der Waals surface area contributed by atoms with Crippen LogP contribution in [0.25, 0.3) is 0 Å². The Morgan fingerprint density at radius 1 is 1.28 bits per heavy atom. The lowest BCUT2D eigenvalue weighted by atomic mass is 10.2. The van der Waals surface area contributed by atoms with E-state index in [0.717, 1.165) is 12.2 Å². The second kappa shape index (κ2) is 6.60. The van der Waals surface area contributed by atoms with Crippen LogP contribution in [0.15, 0.2) is 12.1 Å². The number of benzene rings is 1. The van der Waals surface area contributed by atoms with E-state index in [1.807, 2.05) is 17.9 Å². The number of ether oxygens (including phenoxy) is 2. The number of rotatable bonds is 6. The highest BCUT2D eigenvalue weighted by Gasteiger charge is 2.13. The van der Waals surface area contributed by atoms with E-state index in [4.69, 9.17) is 20.5 Å². The molecule has 0 saturated heterocycles. The second-order valence-corrected chi connectivity index (χ2v) is 3.75. The van der Waals surface area contributed by atoms with Crippen molar-refractivity contribution < 1.29 is 9.47 Å². The highest BCUT2D eigenvalue weighted by molar-refractivity contribution is 5.73. The molecular weight excluding hydrogens is 230 g/mol. The minimum absolute atomic E-state index is 0.460. The van der Waals surface area contributed by atoms with E-state index in [1.54, 1.807) is 20.3 Å². The average Bonchev–Trinajstić information content (AvgIpc) is 2.40. The van der Waals surface area contributed by atoms with Gasteiger partial charge in [0.05, 0.1) is 38.1 Å². The van der Waals surface area contributed by atoms with Gasteiger partial charge in [-0.3, -0.25) is 0 Å². The van der Waals surface area contributed by atoms with Crippen molar-refractivity contribution in [2.75, 3.05) is 37.9 Å². The molecule has 0 heterocycles. The molecule has 5 heteroatoms. The monoisotopic (exact) mass is 249 g/mol. The quantitative estimate of drug-likeness (QED) is 0.781. The van der Waals surface area contributed by atoms with E-state index in [9.17, 15) is 0 Å². The number of nitriles is 1. The number of nitrogen functional groups attached to an aromatic ring is 1. The molecule has 18 heavy (non-hydrogen) atoms. The van der Waals surface area contributed by atoms with Crippen molar-refractivity contribution in [2.24, 2.45) is 0 Å². The van der Waals surface area contributed by atoms with Gasteiger partial charge >= 0.3 is 0 Å². The second-order valence-electron chi connectivity index (χ2n) is 3.75. The molecule has 1 aromatic carbocycles. The summed E-state index contributed by atoms with van der Waals surface area (Å²) in [5.74, 6) is 1.24. The van der Waals surface area contributed by atoms with Crippen molar-refractivity contribution in [3.8, 4) is 17.6 Å². The van der Waals surface area contributed by atoms with Gasteiger partial charge in [0.15, 0.2) is 11.5 Å². The van der Waals surface area contributed by atoms with Crippen molar-refractivity contribution in [2.45, 2.75) is 13.3 Å². The maximum Gasteiger partial charge on any atom is 0.162 e. The van der Waals surface area contributed by atoms with Gasteiger partial charge in [-0.25, -0.2) is 0 Å². The summed E-state index contributed by atoms with van der Waals surface area (Å²) in [6.07, 6.45) is 0.460. The van der Waals surface area contributed by atoms with Gasteiger partial charge in [-0.05, 0) is 6.92 Å². The van der Waals surface area contributed by atoms with Gasteiger partial charge in [0, 0.05) is 25.2 Å². The zero-order valence-electron chi connectivity index (χ0n) is 11.1. The summed E-state index contributed by atoms with van der Waals surface area (Å²) in [6, 6.07) is 5.72. The lowest BCUT2D eigenvalue weighted by molar-refractivity contribution is 0.355. The predicted molar refractivity (Wildman–Crippen MR) is 72.1 cm³/mol. The Bertz CT molecular complexity index is 441. The fourth-order valence-electron chi connectivity index (χ4n) is 1.79. The van der Waals surface area contributed by atoms with Gasteiger partial charge in [0.2, 0.25) is 0 Å². The first-order valence-electron chi connectivity index (χ1n) is 5.81. The summed E-state index contributed by atoms with van der Waals surface area (Å²) in [4.78, 5) is 2.04. The first kappa shape index (κ1) is 14.0. The molecule has 0 atom stereocenters. The first-order chi connectivity index (χ1) is 8.67. The standard InChI is InChI=1S/C13H19N3O2/c1-4-16(7-5-6-14)11-9-13(18-3)12(17-2)8-10(11)15/h8-9H,4-5,7,15H2,1-3H3. The van der Waals surface area contributed by atoms with Crippen LogP contribution in [0.3, 0.4) is 0 Å². The highest BCUT2D eigenvalue weighted by Crippen LogP contribution is 2.36. The molecule has 0 amide bonds. The Morgan fingerprint density at radius 2 is 1.89 bits per heavy atom. The number of nitrogens with two attached hydrogens (primary N) is 1. The molecule has 0 spiro atoms. The van der Waals surface area contributed by atoms with E-state index >= 15 is 0 Å². The lowest BCUT2D eigenvalue weighted by Gasteiger charge is -2.24. The predicted octanol–water partition coefficient (Wildman–Crippen LogP) is 2.03. The van der Waals surface area contributed by atoms with Gasteiger partial charge in [-0.1, -0.05) is 0 Å². The van der Waals surface area contributed by atoms with Crippen molar-refractivity contribution in [1.82, 2.24) is 0 Å². The van der Waals surface area contributed by atoms with Crippen LogP contribution in [0.1, 0.15) is 13.3 Å². The molecule has 0 bridgehead atoms. The molecule has 0 aliphatic rings. The van der Waals surface area contributed by atoms with E-state index in [-0.39, 0.29) is 0 Å². The molecule has 1 aromatic rings. The van der Waals surface area contributed by atoms with E-state index in [2.05, 4.69) is 6.07 Å². The molecule has 0 aliphatic carbocycles. The van der Waals surface area contributed by atoms with Crippen LogP contribution in [0.4, 0.5) is 11.4 Å². The number of nitrogens with zero attached hydrogens (tertiary/aromatic N) is 2. The first-order valence-corrected chi connectivity index (χ1v) is 5.81. The summed E-state index contributed by atoms with van der Waals surface area (Å²) in [5, 5.41) is 8.66. The van der Waals surface area contributed by atoms with E-state index in [1.165, 1.54) is 0 Å². The van der Waals surface area contributed by atoms with Crippen LogP contribution in [-0.4, -0.2) is 27.3 Å². The molecule has 2 N–H and O–H groups in total. The van der Waals surface area contributed by atoms with Crippen LogP contribution in [-0.2, 0) is 0 Å². The Kier molecular flexibility index (Phi) is 5.12. The third-order valence-electron chi connectivity index (χ3n) is 2.75. The fourth-order valence-corrected chi connectivity index (χ4v) is 1.79. The minimum Gasteiger partial charge on any atom is -0.493 e. The normalized spacial score (nSPS) is 9.67. The topological polar surface area (TPSA) is 71.5 Å². The maximum atomic E-state index is 8.66. The van der Waals surface area contributed by atoms with Crippen LogP contribution in [0.5, 0.6) is 11.5 Å². The van der Waals surface area contributed by atoms with Gasteiger partial charge in [-0.2, -0.15) is 5.26 Å². The Hall–Kier alpha value is -2.09. The summed E-state index contributed by atoms with van der Waals surface area (Å²) in [5.41, 5.74) is 7.49. The summed E-state index contributed by atoms with van der Waals surface area (Å²) < 4.78 is 10.4. The molecule has 0 radical (unpaired) electrons. The van der Waals surface area contributed by atoms with Gasteiger partial charge in [-0.15, -0.1) is 0 Å². The number of hydrogen-bond donors (Lipinski definition) is 1. The zero-order chi connectivity index (χ0) is 13.5. The van der Waals surface area contributed by atoms with E-state index < -0.39 is 0 Å². The Balaban J connectivity index is 3.10. The van der Waals surface area contributed by atoms with Crippen molar-refractivity contribution in [3.63, 3.8) is 0 Å². The summed E-state index contributed by atoms with van der Waals surface area (Å²) in [7, 11) is 3.16. The van der Waals surface area contributed by atoms with Crippen molar-refractivity contribution >= 4 is 11.4 Å². The molecular formula is C13H19N3O2. The van der Waals surface area contributed by atoms with Gasteiger partial charge < -0.3 is 20.1 Å². The Morgan fingerprint density at radius 3 is 2.39 bits per heavy atom. The van der Waals surface area contributed by atoms with Gasteiger partial charge in [0.25, 0.3) is 0 Å². The maximum absolute atomic E-state index is 8.66. The number of hydrogen-bond acceptors (Lipinski definition) is 5. The average molecular weight is 249 g/mol. The Labute approximate surface area is 108 Å². The minimum atomic E-state index is 0.460. The molecule has 0 aliphatic heterocycles. The van der Waals surface area contributed by atoms with Crippen LogP contribution < -0.4 is 20.1 Å².